The molecule has 4 rings (SSSR count). The Bertz CT molecular complexity index is 2400. The molecule has 25 nitrogen and oxygen atoms in total. The summed E-state index contributed by atoms with van der Waals surface area (Å²) in [6, 6.07) is 5.17. The highest BCUT2D eigenvalue weighted by atomic mass is 16.6. The van der Waals surface area contributed by atoms with E-state index in [1.54, 1.807) is 65.1 Å². The Balaban J connectivity index is 1.58. The van der Waals surface area contributed by atoms with Crippen molar-refractivity contribution in [2.75, 3.05) is 26.7 Å². The van der Waals surface area contributed by atoms with Gasteiger partial charge in [-0.05, 0) is 55.7 Å². The van der Waals surface area contributed by atoms with Crippen LogP contribution in [0.15, 0.2) is 72.1 Å². The van der Waals surface area contributed by atoms with E-state index in [9.17, 15) is 53.6 Å². The SMILES string of the molecule is CNCC(=O)N[C@@H](CCCN=C(N)N)C(=O)N[C@H](C(=O)N[C@@H](Cc1ccc([N+](=O)[O-])cc1)C(=O)N[C@H](C(=O)N[C@@H](Cc1cnc[nH]1)C(=O)N1CCC[C@@H]1C(=O)N[C@@H](Cc1ccccc1)C(=O)O)C(C)C)C(C)C. The number of carboxylic acid groups (broad SMARTS) is 1. The number of guanidine groups is 1. The zero-order valence-electron chi connectivity index (χ0n) is 41.6. The van der Waals surface area contributed by atoms with Gasteiger partial charge < -0.3 is 63.7 Å². The van der Waals surface area contributed by atoms with Gasteiger partial charge in [0.1, 0.15) is 42.3 Å². The predicted octanol–water partition coefficient (Wildman–Crippen LogP) is -1.08. The molecule has 0 saturated carbocycles. The van der Waals surface area contributed by atoms with Crippen LogP contribution in [0.2, 0.25) is 0 Å². The maximum Gasteiger partial charge on any atom is 0.326 e. The molecule has 0 radical (unpaired) electrons. The Morgan fingerprint density at radius 1 is 0.781 bits per heavy atom. The number of rotatable bonds is 28. The van der Waals surface area contributed by atoms with E-state index in [1.807, 2.05) is 0 Å². The normalized spacial score (nSPS) is 15.7. The van der Waals surface area contributed by atoms with Crippen LogP contribution in [0.4, 0.5) is 5.69 Å². The highest BCUT2D eigenvalue weighted by Gasteiger charge is 2.41. The number of nitrogens with two attached hydrogens (primary N) is 2. The minimum Gasteiger partial charge on any atom is -0.480 e. The molecular formula is C48H68N14O11. The molecule has 0 bridgehead atoms. The van der Waals surface area contributed by atoms with E-state index in [-0.39, 0.29) is 69.8 Å². The van der Waals surface area contributed by atoms with Crippen LogP contribution in [0.3, 0.4) is 0 Å². The van der Waals surface area contributed by atoms with Crippen molar-refractivity contribution in [3.8, 4) is 0 Å². The molecule has 1 aliphatic heterocycles. The minimum atomic E-state index is -1.45. The molecule has 3 aromatic rings. The lowest BCUT2D eigenvalue weighted by Gasteiger charge is -2.31. The summed E-state index contributed by atoms with van der Waals surface area (Å²) in [6.07, 6.45) is 3.51. The maximum atomic E-state index is 14.5. The molecule has 25 heteroatoms. The van der Waals surface area contributed by atoms with Crippen LogP contribution in [0, 0.1) is 22.0 Å². The van der Waals surface area contributed by atoms with Crippen molar-refractivity contribution in [3.05, 3.63) is 94.1 Å². The highest BCUT2D eigenvalue weighted by Crippen LogP contribution is 2.21. The number of nitrogens with one attached hydrogen (secondary N) is 8. The average molecular weight is 1020 g/mol. The molecule has 1 aromatic heterocycles. The minimum absolute atomic E-state index is 0.000909. The Kier molecular flexibility index (Phi) is 22.2. The van der Waals surface area contributed by atoms with Gasteiger partial charge in [0.25, 0.3) is 5.69 Å². The first kappa shape index (κ1) is 57.6. The van der Waals surface area contributed by atoms with Crippen LogP contribution < -0.4 is 48.7 Å². The highest BCUT2D eigenvalue weighted by molar-refractivity contribution is 5.98. The van der Waals surface area contributed by atoms with Crippen LogP contribution >= 0.6 is 0 Å². The summed E-state index contributed by atoms with van der Waals surface area (Å²) in [5.41, 5.74) is 12.2. The molecule has 1 saturated heterocycles. The van der Waals surface area contributed by atoms with E-state index in [1.165, 1.54) is 41.7 Å². The van der Waals surface area contributed by atoms with Gasteiger partial charge in [-0.25, -0.2) is 9.78 Å². The molecule has 0 aliphatic carbocycles. The fourth-order valence-electron chi connectivity index (χ4n) is 8.11. The molecule has 7 amide bonds. The molecule has 7 atom stereocenters. The van der Waals surface area contributed by atoms with Crippen molar-refractivity contribution in [2.24, 2.45) is 28.3 Å². The Morgan fingerprint density at radius 3 is 1.92 bits per heavy atom. The summed E-state index contributed by atoms with van der Waals surface area (Å²) in [7, 11) is 1.55. The second-order valence-corrected chi connectivity index (χ2v) is 18.4. The molecule has 0 spiro atoms. The number of nitro benzene ring substituents is 1. The molecule has 0 unspecified atom stereocenters. The number of carbonyl (C=O) groups excluding carboxylic acids is 7. The summed E-state index contributed by atoms with van der Waals surface area (Å²) in [6.45, 7) is 6.76. The monoisotopic (exact) mass is 1020 g/mol. The van der Waals surface area contributed by atoms with Crippen LogP contribution in [-0.2, 0) is 57.6 Å². The lowest BCUT2D eigenvalue weighted by atomic mass is 9.98. The third-order valence-corrected chi connectivity index (χ3v) is 12.0. The topological polar surface area (TPSA) is 380 Å². The van der Waals surface area contributed by atoms with Gasteiger partial charge >= 0.3 is 5.97 Å². The van der Waals surface area contributed by atoms with Gasteiger partial charge in [-0.1, -0.05) is 70.2 Å². The number of non-ortho nitro benzene ring substituents is 1. The molecule has 13 N–H and O–H groups in total. The number of H-pyrrole nitrogens is 1. The third-order valence-electron chi connectivity index (χ3n) is 12.0. The molecular weight excluding hydrogens is 949 g/mol. The summed E-state index contributed by atoms with van der Waals surface area (Å²) in [5.74, 6) is -7.60. The van der Waals surface area contributed by atoms with Gasteiger partial charge in [-0.2, -0.15) is 0 Å². The number of carbonyl (C=O) groups is 8. The first-order chi connectivity index (χ1) is 34.7. The van der Waals surface area contributed by atoms with Gasteiger partial charge in [-0.3, -0.25) is 48.7 Å². The number of benzene rings is 2. The predicted molar refractivity (Wildman–Crippen MR) is 267 cm³/mol. The van der Waals surface area contributed by atoms with E-state index in [0.29, 0.717) is 23.2 Å². The zero-order valence-corrected chi connectivity index (χ0v) is 41.6. The summed E-state index contributed by atoms with van der Waals surface area (Å²) in [5, 5.41) is 40.2. The molecule has 1 fully saturated rings. The molecule has 2 heterocycles. The number of carboxylic acids is 1. The number of likely N-dealkylation sites (N-methyl/N-ethyl adjacent to an activating group) is 1. The van der Waals surface area contributed by atoms with Crippen molar-refractivity contribution in [1.29, 1.82) is 0 Å². The summed E-state index contributed by atoms with van der Waals surface area (Å²) >= 11 is 0. The van der Waals surface area contributed by atoms with Gasteiger partial charge in [0, 0.05) is 56.4 Å². The quantitative estimate of drug-likeness (QED) is 0.0135. The molecule has 73 heavy (non-hydrogen) atoms. The Hall–Kier alpha value is -7.96. The number of aliphatic imine (C=N–C) groups is 1. The number of aliphatic carboxylic acids is 1. The van der Waals surface area contributed by atoms with Crippen LogP contribution in [-0.4, -0.2) is 147 Å². The van der Waals surface area contributed by atoms with Gasteiger partial charge in [-0.15, -0.1) is 0 Å². The summed E-state index contributed by atoms with van der Waals surface area (Å²) in [4.78, 5) is 133. The van der Waals surface area contributed by atoms with Crippen LogP contribution in [0.25, 0.3) is 0 Å². The number of hydrogen-bond donors (Lipinski definition) is 11. The van der Waals surface area contributed by atoms with Crippen LogP contribution in [0.1, 0.15) is 70.2 Å². The van der Waals surface area contributed by atoms with Gasteiger partial charge in [0.2, 0.25) is 41.4 Å². The van der Waals surface area contributed by atoms with E-state index >= 15 is 0 Å². The number of imidazole rings is 1. The van der Waals surface area contributed by atoms with Crippen molar-refractivity contribution >= 4 is 59.0 Å². The number of amides is 7. The third kappa shape index (κ3) is 18.0. The van der Waals surface area contributed by atoms with E-state index < -0.39 is 106 Å². The number of likely N-dealkylation sites (tertiary alicyclic amines) is 1. The number of nitro groups is 1. The van der Waals surface area contributed by atoms with Gasteiger partial charge in [0.05, 0.1) is 17.8 Å². The van der Waals surface area contributed by atoms with E-state index in [0.717, 1.165) is 0 Å². The fraction of sp³-hybridized carbons (Fsp3) is 0.500. The van der Waals surface area contributed by atoms with Crippen LogP contribution in [0.5, 0.6) is 0 Å². The second kappa shape index (κ2) is 28.2. The van der Waals surface area contributed by atoms with E-state index in [4.69, 9.17) is 11.5 Å². The molecule has 396 valence electrons. The summed E-state index contributed by atoms with van der Waals surface area (Å²) < 4.78 is 0. The lowest BCUT2D eigenvalue weighted by molar-refractivity contribution is -0.384. The Labute approximate surface area is 422 Å². The fourth-order valence-corrected chi connectivity index (χ4v) is 8.11. The standard InChI is InChI=1S/C48H68N14O11/c1-27(2)39(59-41(64)33(55-38(63)25-51-5)13-9-19-53-48(49)50)44(67)56-34(21-30-15-17-32(18-16-30)62(72)73)42(65)60-40(28(3)4)45(68)57-35(23-31-24-52-26-54-31)46(69)61-20-10-14-37(61)43(66)58-36(47(70)71)22-29-11-7-6-8-12-29/h6-8,11-12,15-18,24,26-28,33-37,39-40,51H,9-10,13-14,19-23,25H2,1-5H3,(H,52,54)(H,55,63)(H,56,67)(H,57,68)(H,58,66)(H,59,64)(H,60,65)(H,70,71)(H4,49,50,53)/t33-,34-,35-,36-,37+,39-,40-/m0/s1. The number of nitrogens with zero attached hydrogens (tertiary/aromatic N) is 4. The molecule has 2 aromatic carbocycles. The lowest BCUT2D eigenvalue weighted by Crippen LogP contribution is -2.61. The smallest absolute Gasteiger partial charge is 0.326 e. The van der Waals surface area contributed by atoms with Gasteiger partial charge in [0.15, 0.2) is 5.96 Å². The zero-order chi connectivity index (χ0) is 53.8. The van der Waals surface area contributed by atoms with Crippen molar-refractivity contribution in [1.82, 2.24) is 52.1 Å². The number of aromatic nitrogens is 2. The largest absolute Gasteiger partial charge is 0.480 e. The number of aromatic amines is 1. The van der Waals surface area contributed by atoms with Crippen molar-refractivity contribution in [2.45, 2.75) is 115 Å². The number of hydrogen-bond acceptors (Lipinski definition) is 13. The molecule has 1 aliphatic rings. The average Bonchev–Trinajstić information content (AvgIpc) is 4.06. The first-order valence-corrected chi connectivity index (χ1v) is 24.0. The van der Waals surface area contributed by atoms with E-state index in [2.05, 4.69) is 52.2 Å². The van der Waals surface area contributed by atoms with Crippen molar-refractivity contribution in [3.63, 3.8) is 0 Å². The first-order valence-electron chi connectivity index (χ1n) is 24.0. The Morgan fingerprint density at radius 2 is 1.37 bits per heavy atom. The second-order valence-electron chi connectivity index (χ2n) is 18.4. The van der Waals surface area contributed by atoms with Crippen molar-refractivity contribution < 1.29 is 48.4 Å². The maximum absolute atomic E-state index is 14.5.